The van der Waals surface area contributed by atoms with E-state index < -0.39 is 0 Å². The molecular weight excluding hydrogens is 250 g/mol. The van der Waals surface area contributed by atoms with Gasteiger partial charge in [-0.3, -0.25) is 4.79 Å². The number of nitrogens with one attached hydrogen (secondary N) is 1. The SMILES string of the molecule is CC(C)Nc1ccc(C(=O)N(C)c2ccccc2)nc1. The maximum absolute atomic E-state index is 12.3. The van der Waals surface area contributed by atoms with Gasteiger partial charge in [-0.1, -0.05) is 18.2 Å². The standard InChI is InChI=1S/C16H19N3O/c1-12(2)18-13-9-10-15(17-11-13)16(20)19(3)14-7-5-4-6-8-14/h4-12,18H,1-3H3. The molecule has 0 aliphatic heterocycles. The first kappa shape index (κ1) is 14.1. The lowest BCUT2D eigenvalue weighted by molar-refractivity contribution is 0.0988. The second-order valence-corrected chi connectivity index (χ2v) is 4.93. The lowest BCUT2D eigenvalue weighted by atomic mass is 10.2. The Bertz CT molecular complexity index is 564. The predicted octanol–water partition coefficient (Wildman–Crippen LogP) is 3.18. The molecule has 1 N–H and O–H groups in total. The van der Waals surface area contributed by atoms with Gasteiger partial charge in [0.25, 0.3) is 5.91 Å². The topological polar surface area (TPSA) is 45.2 Å². The van der Waals surface area contributed by atoms with Crippen LogP contribution in [0.2, 0.25) is 0 Å². The normalized spacial score (nSPS) is 10.4. The first-order valence-corrected chi connectivity index (χ1v) is 6.63. The lowest BCUT2D eigenvalue weighted by Crippen LogP contribution is -2.27. The largest absolute Gasteiger partial charge is 0.382 e. The van der Waals surface area contributed by atoms with Crippen molar-refractivity contribution in [2.75, 3.05) is 17.3 Å². The zero-order chi connectivity index (χ0) is 14.5. The highest BCUT2D eigenvalue weighted by molar-refractivity contribution is 6.04. The average Bonchev–Trinajstić information content (AvgIpc) is 2.47. The minimum atomic E-state index is -0.118. The van der Waals surface area contributed by atoms with E-state index in [0.717, 1.165) is 11.4 Å². The highest BCUT2D eigenvalue weighted by atomic mass is 16.2. The fourth-order valence-corrected chi connectivity index (χ4v) is 1.88. The van der Waals surface area contributed by atoms with E-state index in [-0.39, 0.29) is 5.91 Å². The third-order valence-corrected chi connectivity index (χ3v) is 2.89. The number of rotatable bonds is 4. The van der Waals surface area contributed by atoms with Crippen molar-refractivity contribution in [3.63, 3.8) is 0 Å². The van der Waals surface area contributed by atoms with E-state index in [1.807, 2.05) is 36.4 Å². The maximum Gasteiger partial charge on any atom is 0.276 e. The summed E-state index contributed by atoms with van der Waals surface area (Å²) in [6, 6.07) is 13.5. The number of nitrogens with zero attached hydrogens (tertiary/aromatic N) is 2. The van der Waals surface area contributed by atoms with Gasteiger partial charge in [-0.05, 0) is 38.1 Å². The highest BCUT2D eigenvalue weighted by Gasteiger charge is 2.14. The molecule has 0 radical (unpaired) electrons. The van der Waals surface area contributed by atoms with E-state index in [0.29, 0.717) is 11.7 Å². The first-order valence-electron chi connectivity index (χ1n) is 6.63. The van der Waals surface area contributed by atoms with E-state index in [2.05, 4.69) is 24.1 Å². The molecule has 0 atom stereocenters. The fraction of sp³-hybridized carbons (Fsp3) is 0.250. The van der Waals surface area contributed by atoms with Gasteiger partial charge in [0.05, 0.1) is 11.9 Å². The van der Waals surface area contributed by atoms with Crippen molar-refractivity contribution in [2.45, 2.75) is 19.9 Å². The van der Waals surface area contributed by atoms with Crippen LogP contribution in [0.5, 0.6) is 0 Å². The van der Waals surface area contributed by atoms with Gasteiger partial charge in [0.2, 0.25) is 0 Å². The van der Waals surface area contributed by atoms with Crippen molar-refractivity contribution in [2.24, 2.45) is 0 Å². The molecule has 0 unspecified atom stereocenters. The summed E-state index contributed by atoms with van der Waals surface area (Å²) in [5.41, 5.74) is 2.20. The third kappa shape index (κ3) is 3.35. The summed E-state index contributed by atoms with van der Waals surface area (Å²) < 4.78 is 0. The van der Waals surface area contributed by atoms with Crippen molar-refractivity contribution >= 4 is 17.3 Å². The van der Waals surface area contributed by atoms with Crippen LogP contribution in [-0.2, 0) is 0 Å². The van der Waals surface area contributed by atoms with Crippen LogP contribution in [0.15, 0.2) is 48.7 Å². The Morgan fingerprint density at radius 2 is 1.85 bits per heavy atom. The molecule has 1 aromatic carbocycles. The number of para-hydroxylation sites is 1. The van der Waals surface area contributed by atoms with Gasteiger partial charge >= 0.3 is 0 Å². The van der Waals surface area contributed by atoms with Crippen molar-refractivity contribution < 1.29 is 4.79 Å². The molecule has 0 aliphatic carbocycles. The molecule has 4 nitrogen and oxygen atoms in total. The van der Waals surface area contributed by atoms with Gasteiger partial charge < -0.3 is 10.2 Å². The number of hydrogen-bond acceptors (Lipinski definition) is 3. The van der Waals surface area contributed by atoms with E-state index in [9.17, 15) is 4.79 Å². The quantitative estimate of drug-likeness (QED) is 0.927. The fourth-order valence-electron chi connectivity index (χ4n) is 1.88. The van der Waals surface area contributed by atoms with Crippen LogP contribution in [0.25, 0.3) is 0 Å². The first-order chi connectivity index (χ1) is 9.58. The Morgan fingerprint density at radius 1 is 1.15 bits per heavy atom. The summed E-state index contributed by atoms with van der Waals surface area (Å²) in [4.78, 5) is 18.1. The third-order valence-electron chi connectivity index (χ3n) is 2.89. The molecule has 0 bridgehead atoms. The van der Waals surface area contributed by atoms with Crippen LogP contribution in [0.3, 0.4) is 0 Å². The molecule has 2 aromatic rings. The van der Waals surface area contributed by atoms with Crippen LogP contribution in [0.1, 0.15) is 24.3 Å². The second kappa shape index (κ2) is 6.19. The van der Waals surface area contributed by atoms with Crippen molar-refractivity contribution in [1.29, 1.82) is 0 Å². The second-order valence-electron chi connectivity index (χ2n) is 4.93. The minimum absolute atomic E-state index is 0.118. The Labute approximate surface area is 119 Å². The molecule has 1 amide bonds. The molecule has 0 fully saturated rings. The van der Waals surface area contributed by atoms with Crippen molar-refractivity contribution in [3.8, 4) is 0 Å². The molecule has 0 spiro atoms. The van der Waals surface area contributed by atoms with Gasteiger partial charge in [-0.2, -0.15) is 0 Å². The smallest absolute Gasteiger partial charge is 0.276 e. The zero-order valence-electron chi connectivity index (χ0n) is 12.0. The van der Waals surface area contributed by atoms with Gasteiger partial charge in [-0.25, -0.2) is 4.98 Å². The van der Waals surface area contributed by atoms with E-state index in [4.69, 9.17) is 0 Å². The molecule has 104 valence electrons. The van der Waals surface area contributed by atoms with Gasteiger partial charge in [-0.15, -0.1) is 0 Å². The van der Waals surface area contributed by atoms with Crippen molar-refractivity contribution in [1.82, 2.24) is 4.98 Å². The summed E-state index contributed by atoms with van der Waals surface area (Å²) in [5, 5.41) is 3.24. The van der Waals surface area contributed by atoms with Gasteiger partial charge in [0.15, 0.2) is 0 Å². The number of amides is 1. The summed E-state index contributed by atoms with van der Waals surface area (Å²) in [6.45, 7) is 4.12. The molecule has 0 aliphatic rings. The molecule has 4 heteroatoms. The van der Waals surface area contributed by atoms with Crippen LogP contribution in [-0.4, -0.2) is 24.0 Å². The summed E-state index contributed by atoms with van der Waals surface area (Å²) in [6.07, 6.45) is 1.69. The number of carbonyl (C=O) groups excluding carboxylic acids is 1. The summed E-state index contributed by atoms with van der Waals surface area (Å²) >= 11 is 0. The maximum atomic E-state index is 12.3. The number of pyridine rings is 1. The molecule has 1 aromatic heterocycles. The highest BCUT2D eigenvalue weighted by Crippen LogP contribution is 2.15. The van der Waals surface area contributed by atoms with Crippen LogP contribution in [0, 0.1) is 0 Å². The molecule has 20 heavy (non-hydrogen) atoms. The zero-order valence-corrected chi connectivity index (χ0v) is 12.0. The Morgan fingerprint density at radius 3 is 2.40 bits per heavy atom. The Hall–Kier alpha value is -2.36. The Balaban J connectivity index is 2.13. The van der Waals surface area contributed by atoms with E-state index in [1.165, 1.54) is 0 Å². The number of benzene rings is 1. The molecule has 2 rings (SSSR count). The summed E-state index contributed by atoms with van der Waals surface area (Å²) in [5.74, 6) is -0.118. The van der Waals surface area contributed by atoms with E-state index >= 15 is 0 Å². The minimum Gasteiger partial charge on any atom is -0.382 e. The summed E-state index contributed by atoms with van der Waals surface area (Å²) in [7, 11) is 1.75. The molecule has 0 saturated carbocycles. The van der Waals surface area contributed by atoms with Crippen LogP contribution >= 0.6 is 0 Å². The number of carbonyl (C=O) groups is 1. The van der Waals surface area contributed by atoms with Gasteiger partial charge in [0.1, 0.15) is 5.69 Å². The predicted molar refractivity (Wildman–Crippen MR) is 82.2 cm³/mol. The van der Waals surface area contributed by atoms with Gasteiger partial charge in [0, 0.05) is 18.8 Å². The Kier molecular flexibility index (Phi) is 4.35. The number of anilines is 2. The lowest BCUT2D eigenvalue weighted by Gasteiger charge is -2.17. The van der Waals surface area contributed by atoms with Crippen LogP contribution in [0.4, 0.5) is 11.4 Å². The van der Waals surface area contributed by atoms with Crippen molar-refractivity contribution in [3.05, 3.63) is 54.4 Å². The average molecular weight is 269 g/mol. The monoisotopic (exact) mass is 269 g/mol. The number of hydrogen-bond donors (Lipinski definition) is 1. The van der Waals surface area contributed by atoms with Crippen LogP contribution < -0.4 is 10.2 Å². The molecule has 0 saturated heterocycles. The molecular formula is C16H19N3O. The van der Waals surface area contributed by atoms with E-state index in [1.54, 1.807) is 24.2 Å². The number of aromatic nitrogens is 1. The molecule has 1 heterocycles.